The summed E-state index contributed by atoms with van der Waals surface area (Å²) in [5, 5.41) is 15.8. The third kappa shape index (κ3) is 7.43. The average Bonchev–Trinajstić information content (AvgIpc) is 2.16. The first kappa shape index (κ1) is 14.0. The predicted molar refractivity (Wildman–Crippen MR) is 51.8 cm³/mol. The fraction of sp³-hybridized carbons (Fsp3) is 0.143. The molecule has 0 amide bonds. The standard InChI is InChI=1S/C7H7N4.BF4/c1-9-11-7-5-3-2-4-6(7)10-8;2-1(3,4)5/h2-5H,1H3;/q+1;-1. The van der Waals surface area contributed by atoms with E-state index >= 15 is 0 Å². The maximum Gasteiger partial charge on any atom is 0.673 e. The normalized spacial score (nSPS) is 10.5. The van der Waals surface area contributed by atoms with Crippen molar-refractivity contribution in [2.75, 3.05) is 7.05 Å². The van der Waals surface area contributed by atoms with Gasteiger partial charge in [-0.25, -0.2) is 0 Å². The van der Waals surface area contributed by atoms with Crippen molar-refractivity contribution >= 4 is 18.6 Å². The minimum absolute atomic E-state index is 0.429. The molecule has 0 aliphatic heterocycles. The number of hydrogen-bond donors (Lipinski definition) is 0. The second-order valence-corrected chi connectivity index (χ2v) is 2.38. The van der Waals surface area contributed by atoms with Crippen molar-refractivity contribution in [3.8, 4) is 0 Å². The van der Waals surface area contributed by atoms with Gasteiger partial charge in [-0.15, -0.1) is 5.11 Å². The smallest absolute Gasteiger partial charge is 0.418 e. The average molecular weight is 234 g/mol. The molecule has 0 radical (unpaired) electrons. The molecule has 1 aromatic rings. The van der Waals surface area contributed by atoms with Gasteiger partial charge in [-0.1, -0.05) is 12.1 Å². The van der Waals surface area contributed by atoms with Crippen molar-refractivity contribution < 1.29 is 17.3 Å². The van der Waals surface area contributed by atoms with E-state index in [0.29, 0.717) is 11.4 Å². The van der Waals surface area contributed by atoms with E-state index < -0.39 is 7.25 Å². The molecular formula is C7H7BF4N4. The Morgan fingerprint density at radius 2 is 1.69 bits per heavy atom. The van der Waals surface area contributed by atoms with Crippen LogP contribution in [0.25, 0.3) is 4.98 Å². The van der Waals surface area contributed by atoms with E-state index in [1.807, 2.05) is 0 Å². The van der Waals surface area contributed by atoms with E-state index in [4.69, 9.17) is 5.39 Å². The van der Waals surface area contributed by atoms with Gasteiger partial charge in [-0.3, -0.25) is 0 Å². The van der Waals surface area contributed by atoms with Gasteiger partial charge < -0.3 is 17.3 Å². The molecule has 0 aliphatic rings. The van der Waals surface area contributed by atoms with Crippen molar-refractivity contribution in [2.24, 2.45) is 10.2 Å². The number of azo groups is 1. The van der Waals surface area contributed by atoms with Gasteiger partial charge in [0, 0.05) is 13.1 Å². The summed E-state index contributed by atoms with van der Waals surface area (Å²) >= 11 is 0. The van der Waals surface area contributed by atoms with Crippen molar-refractivity contribution in [2.45, 2.75) is 0 Å². The van der Waals surface area contributed by atoms with Gasteiger partial charge in [0.2, 0.25) is 5.39 Å². The SMILES string of the molecule is CN=Nc1ccccc1[N+]#N.F[B-](F)(F)F. The van der Waals surface area contributed by atoms with Crippen LogP contribution in [0, 0.1) is 5.39 Å². The summed E-state index contributed by atoms with van der Waals surface area (Å²) in [6.45, 7) is 0. The fourth-order valence-electron chi connectivity index (χ4n) is 0.741. The molecule has 1 rings (SSSR count). The zero-order valence-electron chi connectivity index (χ0n) is 8.19. The lowest BCUT2D eigenvalue weighted by Gasteiger charge is -1.94. The third-order valence-electron chi connectivity index (χ3n) is 1.20. The van der Waals surface area contributed by atoms with Crippen LogP contribution in [0.4, 0.5) is 28.6 Å². The first-order chi connectivity index (χ1) is 7.38. The number of benzene rings is 1. The molecule has 0 spiro atoms. The molecule has 1 aromatic carbocycles. The van der Waals surface area contributed by atoms with Gasteiger partial charge in [-0.05, 0) is 6.07 Å². The molecule has 0 aliphatic carbocycles. The summed E-state index contributed by atoms with van der Waals surface area (Å²) < 4.78 is 39.0. The summed E-state index contributed by atoms with van der Waals surface area (Å²) in [7, 11) is -4.44. The maximum absolute atomic E-state index is 9.75. The maximum atomic E-state index is 9.75. The molecule has 9 heteroatoms. The molecule has 0 atom stereocenters. The van der Waals surface area contributed by atoms with Crippen LogP contribution in [0.3, 0.4) is 0 Å². The van der Waals surface area contributed by atoms with E-state index in [0.717, 1.165) is 0 Å². The Labute approximate surface area is 88.7 Å². The highest BCUT2D eigenvalue weighted by atomic mass is 19.5. The quantitative estimate of drug-likeness (QED) is 0.311. The topological polar surface area (TPSA) is 52.9 Å². The largest absolute Gasteiger partial charge is 0.673 e. The van der Waals surface area contributed by atoms with Crippen LogP contribution in [0.15, 0.2) is 34.5 Å². The van der Waals surface area contributed by atoms with Gasteiger partial charge in [0.15, 0.2) is 10.7 Å². The van der Waals surface area contributed by atoms with Crippen molar-refractivity contribution in [3.63, 3.8) is 0 Å². The molecule has 16 heavy (non-hydrogen) atoms. The van der Waals surface area contributed by atoms with E-state index in [-0.39, 0.29) is 0 Å². The molecule has 0 saturated heterocycles. The number of hydrogen-bond acceptors (Lipinski definition) is 3. The number of rotatable bonds is 1. The minimum atomic E-state index is -6.00. The Morgan fingerprint density at radius 3 is 2.12 bits per heavy atom. The highest BCUT2D eigenvalue weighted by Gasteiger charge is 2.20. The van der Waals surface area contributed by atoms with Crippen molar-refractivity contribution in [3.05, 3.63) is 29.2 Å². The number of nitrogens with zero attached hydrogens (tertiary/aromatic N) is 4. The lowest BCUT2D eigenvalue weighted by atomic mass is 10.3. The Bertz CT molecular complexity index is 392. The fourth-order valence-corrected chi connectivity index (χ4v) is 0.741. The molecule has 0 heterocycles. The van der Waals surface area contributed by atoms with Gasteiger partial charge in [0.05, 0.1) is 0 Å². The van der Waals surface area contributed by atoms with Crippen LogP contribution in [0.2, 0.25) is 0 Å². The van der Waals surface area contributed by atoms with Crippen LogP contribution in [0.1, 0.15) is 0 Å². The molecule has 0 N–H and O–H groups in total. The van der Waals surface area contributed by atoms with Crippen molar-refractivity contribution in [1.82, 2.24) is 0 Å². The van der Waals surface area contributed by atoms with Gasteiger partial charge in [-0.2, -0.15) is 5.11 Å². The lowest BCUT2D eigenvalue weighted by Crippen LogP contribution is -2.02. The van der Waals surface area contributed by atoms with E-state index in [1.54, 1.807) is 31.3 Å². The molecule has 0 saturated carbocycles. The number of diazo groups is 1. The Kier molecular flexibility index (Phi) is 5.70. The summed E-state index contributed by atoms with van der Waals surface area (Å²) in [6, 6.07) is 6.95. The summed E-state index contributed by atoms with van der Waals surface area (Å²) in [5.41, 5.74) is 0.996. The van der Waals surface area contributed by atoms with Crippen LogP contribution in [-0.4, -0.2) is 14.3 Å². The lowest BCUT2D eigenvalue weighted by molar-refractivity contribution is 0.368. The van der Waals surface area contributed by atoms with Gasteiger partial charge in [0.1, 0.15) is 0 Å². The minimum Gasteiger partial charge on any atom is -0.418 e. The molecule has 0 fully saturated rings. The first-order valence-electron chi connectivity index (χ1n) is 3.99. The van der Waals surface area contributed by atoms with E-state index in [1.165, 1.54) is 0 Å². The van der Waals surface area contributed by atoms with Crippen LogP contribution < -0.4 is 0 Å². The highest BCUT2D eigenvalue weighted by Crippen LogP contribution is 2.26. The molecule has 86 valence electrons. The Hall–Kier alpha value is -1.98. The zero-order chi connectivity index (χ0) is 12.6. The van der Waals surface area contributed by atoms with Crippen LogP contribution in [0.5, 0.6) is 0 Å². The second kappa shape index (κ2) is 6.50. The third-order valence-corrected chi connectivity index (χ3v) is 1.20. The zero-order valence-corrected chi connectivity index (χ0v) is 8.19. The predicted octanol–water partition coefficient (Wildman–Crippen LogP) is 4.18. The summed E-state index contributed by atoms with van der Waals surface area (Å²) in [6.07, 6.45) is 0. The van der Waals surface area contributed by atoms with Crippen LogP contribution >= 0.6 is 0 Å². The first-order valence-corrected chi connectivity index (χ1v) is 3.99. The molecular weight excluding hydrogens is 227 g/mol. The summed E-state index contributed by atoms with van der Waals surface area (Å²) in [4.78, 5) is 3.04. The Balaban J connectivity index is 0.000000385. The Morgan fingerprint density at radius 1 is 1.19 bits per heavy atom. The van der Waals surface area contributed by atoms with Crippen molar-refractivity contribution in [1.29, 1.82) is 5.39 Å². The van der Waals surface area contributed by atoms with E-state index in [9.17, 15) is 17.3 Å². The second-order valence-electron chi connectivity index (χ2n) is 2.38. The van der Waals surface area contributed by atoms with Gasteiger partial charge >= 0.3 is 12.9 Å². The van der Waals surface area contributed by atoms with E-state index in [2.05, 4.69) is 15.2 Å². The highest BCUT2D eigenvalue weighted by molar-refractivity contribution is 6.50. The monoisotopic (exact) mass is 234 g/mol. The molecule has 0 unspecified atom stereocenters. The molecule has 4 nitrogen and oxygen atoms in total. The van der Waals surface area contributed by atoms with Crippen LogP contribution in [-0.2, 0) is 0 Å². The molecule has 0 bridgehead atoms. The number of halogens is 4. The molecule has 0 aromatic heterocycles. The summed E-state index contributed by atoms with van der Waals surface area (Å²) in [5.74, 6) is 0. The van der Waals surface area contributed by atoms with Gasteiger partial charge in [0.25, 0.3) is 0 Å².